The molecule has 0 amide bonds. The first-order valence-corrected chi connectivity index (χ1v) is 25.6. The number of sulfonamides is 4. The molecule has 8 N–H and O–H groups in total. The smallest absolute Gasteiger partial charge is 0.231 e. The average Bonchev–Trinajstić information content (AvgIpc) is 3.30. The lowest BCUT2D eigenvalue weighted by Crippen LogP contribution is -2.32. The predicted octanol–water partition coefficient (Wildman–Crippen LogP) is -0.601. The van der Waals surface area contributed by atoms with E-state index in [0.29, 0.717) is 46.3 Å². The molecular weight excluding hydrogens is 985 g/mol. The summed E-state index contributed by atoms with van der Waals surface area (Å²) in [7, 11) is -3.41. The van der Waals surface area contributed by atoms with Crippen molar-refractivity contribution in [3.8, 4) is 23.5 Å². The first kappa shape index (κ1) is 61.0. The molecule has 0 saturated carbocycles. The van der Waals surface area contributed by atoms with E-state index in [1.54, 1.807) is 0 Å². The van der Waals surface area contributed by atoms with Crippen LogP contribution in [0.1, 0.15) is 74.9 Å². The molecule has 4 aromatic heterocycles. The lowest BCUT2D eigenvalue weighted by Gasteiger charge is -2.19. The van der Waals surface area contributed by atoms with Gasteiger partial charge in [0.1, 0.15) is 45.4 Å². The molecule has 4 rings (SSSR count). The van der Waals surface area contributed by atoms with Gasteiger partial charge in [0.25, 0.3) is 0 Å². The van der Waals surface area contributed by atoms with E-state index in [0.717, 1.165) is 0 Å². The van der Waals surface area contributed by atoms with Crippen LogP contribution in [0.25, 0.3) is 0 Å². The van der Waals surface area contributed by atoms with Gasteiger partial charge in [-0.2, -0.15) is 0 Å². The highest BCUT2D eigenvalue weighted by Gasteiger charge is 2.32. The van der Waals surface area contributed by atoms with Crippen molar-refractivity contribution in [2.75, 3.05) is 56.9 Å². The topological polar surface area (TPSA) is 418 Å². The maximum absolute atomic E-state index is 11.3. The van der Waals surface area contributed by atoms with Crippen LogP contribution in [0.4, 0.5) is 0 Å². The van der Waals surface area contributed by atoms with Crippen LogP contribution in [-0.2, 0) is 59.0 Å². The van der Waals surface area contributed by atoms with Gasteiger partial charge in [0.15, 0.2) is 0 Å². The van der Waals surface area contributed by atoms with Gasteiger partial charge in [-0.3, -0.25) is 19.9 Å². The minimum atomic E-state index is -3.70. The van der Waals surface area contributed by atoms with Crippen molar-refractivity contribution in [1.82, 2.24) is 39.9 Å². The number of nitrogens with zero attached hydrogens (tertiary/aromatic N) is 8. The van der Waals surface area contributed by atoms with Gasteiger partial charge < -0.3 is 37.9 Å². The van der Waals surface area contributed by atoms with Crippen LogP contribution in [0.2, 0.25) is 0 Å². The van der Waals surface area contributed by atoms with Crippen LogP contribution in [-0.4, -0.2) is 151 Å². The third kappa shape index (κ3) is 19.2. The molecule has 0 spiro atoms. The lowest BCUT2D eigenvalue weighted by atomic mass is 10.2. The molecule has 28 nitrogen and oxygen atoms in total. The van der Waals surface area contributed by atoms with E-state index in [2.05, 4.69) is 39.9 Å². The maximum Gasteiger partial charge on any atom is 0.231 e. The van der Waals surface area contributed by atoms with Crippen LogP contribution in [0.3, 0.4) is 0 Å². The molecule has 384 valence electrons. The van der Waals surface area contributed by atoms with Gasteiger partial charge in [0.05, 0.1) is 101 Å². The summed E-state index contributed by atoms with van der Waals surface area (Å²) < 4.78 is 130. The molecule has 68 heavy (non-hydrogen) atoms. The van der Waals surface area contributed by atoms with Crippen molar-refractivity contribution in [2.24, 2.45) is 20.6 Å². The molecule has 0 unspecified atom stereocenters. The van der Waals surface area contributed by atoms with E-state index in [9.17, 15) is 33.7 Å². The first-order chi connectivity index (χ1) is 31.6. The quantitative estimate of drug-likeness (QED) is 0.0858. The summed E-state index contributed by atoms with van der Waals surface area (Å²) in [6.07, 6.45) is 8.09. The number of aromatic nitrogens is 8. The number of methoxy groups -OCH3 is 8. The Morgan fingerprint density at radius 2 is 0.485 bits per heavy atom. The van der Waals surface area contributed by atoms with Gasteiger partial charge in [-0.05, 0) is 27.7 Å². The fourth-order valence-corrected chi connectivity index (χ4v) is 7.59. The highest BCUT2D eigenvalue weighted by Crippen LogP contribution is 2.26. The molecule has 32 heteroatoms. The van der Waals surface area contributed by atoms with Gasteiger partial charge in [0.2, 0.25) is 63.6 Å². The normalized spacial score (nSPS) is 15.3. The van der Waals surface area contributed by atoms with E-state index in [4.69, 9.17) is 58.5 Å². The van der Waals surface area contributed by atoms with Gasteiger partial charge in [0, 0.05) is 28.4 Å². The summed E-state index contributed by atoms with van der Waals surface area (Å²) in [5.74, 6) is 1.36. The van der Waals surface area contributed by atoms with Crippen molar-refractivity contribution >= 4 is 40.1 Å². The first-order valence-electron chi connectivity index (χ1n) is 19.2. The van der Waals surface area contributed by atoms with Crippen LogP contribution in [0.15, 0.2) is 49.6 Å². The molecule has 0 aliphatic heterocycles. The van der Waals surface area contributed by atoms with E-state index >= 15 is 0 Å². The highest BCUT2D eigenvalue weighted by molar-refractivity contribution is 7.90. The molecule has 4 heterocycles. The molecule has 4 aromatic rings. The Balaban J connectivity index is 0.000000453. The molecule has 0 radical (unpaired) electrons. The number of nitrogens with two attached hydrogens (primary N) is 4. The van der Waals surface area contributed by atoms with Gasteiger partial charge in [-0.1, -0.05) is 0 Å². The number of primary sulfonamides is 4. The fraction of sp³-hybridized carbons (Fsp3) is 0.556. The second-order valence-electron chi connectivity index (χ2n) is 13.7. The Morgan fingerprint density at radius 3 is 0.574 bits per heavy atom. The van der Waals surface area contributed by atoms with Crippen molar-refractivity contribution in [3.05, 3.63) is 72.4 Å². The van der Waals surface area contributed by atoms with E-state index < -0.39 is 85.5 Å². The Bertz CT molecular complexity index is 2200. The Morgan fingerprint density at radius 1 is 0.324 bits per heavy atom. The zero-order valence-electron chi connectivity index (χ0n) is 39.3. The van der Waals surface area contributed by atoms with Crippen molar-refractivity contribution in [3.63, 3.8) is 0 Å². The largest absolute Gasteiger partial charge is 0.480 e. The van der Waals surface area contributed by atoms with Crippen molar-refractivity contribution in [1.29, 1.82) is 0 Å². The van der Waals surface area contributed by atoms with E-state index in [1.165, 1.54) is 134 Å². The molecule has 0 aliphatic rings. The van der Waals surface area contributed by atoms with E-state index in [-0.39, 0.29) is 0 Å². The number of hydrogen-bond acceptors (Lipinski definition) is 24. The predicted molar refractivity (Wildman–Crippen MR) is 244 cm³/mol. The third-order valence-corrected chi connectivity index (χ3v) is 14.5. The summed E-state index contributed by atoms with van der Waals surface area (Å²) in [4.78, 5) is 31.8. The zero-order chi connectivity index (χ0) is 52.2. The van der Waals surface area contributed by atoms with Crippen LogP contribution in [0.5, 0.6) is 23.5 Å². The molecule has 0 aliphatic carbocycles. The highest BCUT2D eigenvalue weighted by atomic mass is 32.2. The van der Waals surface area contributed by atoms with Crippen molar-refractivity contribution < 1.29 is 71.6 Å². The van der Waals surface area contributed by atoms with Gasteiger partial charge in [-0.15, -0.1) is 0 Å². The lowest BCUT2D eigenvalue weighted by molar-refractivity contribution is 0.0982. The number of rotatable bonds is 20. The molecule has 0 saturated heterocycles. The third-order valence-electron chi connectivity index (χ3n) is 9.39. The Kier molecular flexibility index (Phi) is 25.0. The van der Waals surface area contributed by atoms with Crippen molar-refractivity contribution in [2.45, 2.75) is 73.1 Å². The number of ether oxygens (including phenoxy) is 8. The molecule has 0 fully saturated rings. The van der Waals surface area contributed by atoms with Crippen LogP contribution in [0, 0.1) is 0 Å². The summed E-state index contributed by atoms with van der Waals surface area (Å²) >= 11 is 0. The van der Waals surface area contributed by atoms with Gasteiger partial charge >= 0.3 is 0 Å². The van der Waals surface area contributed by atoms with E-state index in [1.807, 2.05) is 0 Å². The second kappa shape index (κ2) is 27.9. The number of hydrogen-bond donors (Lipinski definition) is 4. The maximum atomic E-state index is 11.3. The minimum absolute atomic E-state index is 0.340. The summed E-state index contributed by atoms with van der Waals surface area (Å²) in [5, 5.41) is 16.6. The summed E-state index contributed by atoms with van der Waals surface area (Å²) in [6, 6.07) is 0. The minimum Gasteiger partial charge on any atom is -0.480 e. The molecular formula is C36H60N12O16S4. The van der Waals surface area contributed by atoms with Crippen LogP contribution < -0.4 is 39.5 Å². The second-order valence-corrected chi connectivity index (χ2v) is 21.4. The molecule has 8 atom stereocenters. The Hall–Kier alpha value is -5.00. The Labute approximate surface area is 396 Å². The van der Waals surface area contributed by atoms with Crippen LogP contribution >= 0.6 is 0 Å². The molecule has 0 bridgehead atoms. The summed E-state index contributed by atoms with van der Waals surface area (Å²) in [5.41, 5.74) is 1.54. The average molecular weight is 1050 g/mol. The van der Waals surface area contributed by atoms with Gasteiger partial charge in [-0.25, -0.2) is 74.2 Å². The standard InChI is InChI=1S/4C9H15N3O4S/c4*1-6(17(10,13)14)9(16-3)7-4-12-8(15-2)5-11-7/h4*4-6,9H,1-3H3,(H2,10,13,14)/t2*6-,9+;2*6-,9-/m1010/s1. The monoisotopic (exact) mass is 1040 g/mol. The fourth-order valence-electron chi connectivity index (χ4n) is 5.21. The zero-order valence-corrected chi connectivity index (χ0v) is 42.6. The molecule has 0 aromatic carbocycles. The summed E-state index contributed by atoms with van der Waals surface area (Å²) in [6.45, 7) is 5.82. The SMILES string of the molecule is COc1cnc([C@@H](OC)[C@@H](C)S(N)(=O)=O)cn1.COc1cnc([C@@H](OC)[C@H](C)S(N)(=O)=O)cn1.COc1cnc([C@H](OC)[C@@H](C)S(N)(=O)=O)cn1.COc1cnc([C@H](OC)[C@H](C)S(N)(=O)=O)cn1.